The van der Waals surface area contributed by atoms with Gasteiger partial charge in [0.05, 0.1) is 24.2 Å². The van der Waals surface area contributed by atoms with Crippen molar-refractivity contribution in [1.29, 1.82) is 0 Å². The minimum atomic E-state index is -0.930. The van der Waals surface area contributed by atoms with Gasteiger partial charge in [-0.3, -0.25) is 0 Å². The maximum absolute atomic E-state index is 10.7. The number of aromatic carboxylic acids is 1. The summed E-state index contributed by atoms with van der Waals surface area (Å²) in [5.41, 5.74) is 0.263. The average Bonchev–Trinajstić information content (AvgIpc) is 2.92. The van der Waals surface area contributed by atoms with Gasteiger partial charge in [-0.05, 0) is 36.4 Å². The average molecular weight is 278 g/mol. The largest absolute Gasteiger partial charge is 0.493 e. The molecular weight excluding hydrogens is 264 g/mol. The van der Waals surface area contributed by atoms with Gasteiger partial charge in [-0.25, -0.2) is 4.79 Å². The highest BCUT2D eigenvalue weighted by Crippen LogP contribution is 2.15. The third-order valence-electron chi connectivity index (χ3n) is 2.42. The fraction of sp³-hybridized carbons (Fsp3) is 0.214. The summed E-state index contributed by atoms with van der Waals surface area (Å²) in [5.74, 6) is 2.38. The Hall–Kier alpha value is -1.88. The van der Waals surface area contributed by atoms with Crippen LogP contribution in [0.3, 0.4) is 0 Å². The molecule has 19 heavy (non-hydrogen) atoms. The minimum Gasteiger partial charge on any atom is -0.493 e. The van der Waals surface area contributed by atoms with Crippen molar-refractivity contribution in [2.45, 2.75) is 5.75 Å². The molecule has 1 aromatic carbocycles. The fourth-order valence-corrected chi connectivity index (χ4v) is 2.19. The summed E-state index contributed by atoms with van der Waals surface area (Å²) in [5, 5.41) is 8.76. The first kappa shape index (κ1) is 13.5. The van der Waals surface area contributed by atoms with Crippen LogP contribution in [0, 0.1) is 0 Å². The second-order valence-corrected chi connectivity index (χ2v) is 4.92. The number of furan rings is 1. The second-order valence-electron chi connectivity index (χ2n) is 3.81. The van der Waals surface area contributed by atoms with Crippen molar-refractivity contribution in [1.82, 2.24) is 0 Å². The van der Waals surface area contributed by atoms with E-state index in [1.165, 1.54) is 12.1 Å². The third-order valence-corrected chi connectivity index (χ3v) is 3.37. The van der Waals surface area contributed by atoms with Crippen LogP contribution >= 0.6 is 11.8 Å². The van der Waals surface area contributed by atoms with Gasteiger partial charge in [-0.15, -0.1) is 0 Å². The van der Waals surface area contributed by atoms with E-state index in [0.29, 0.717) is 12.4 Å². The summed E-state index contributed by atoms with van der Waals surface area (Å²) < 4.78 is 10.7. The molecule has 1 heterocycles. The molecular formula is C14H14O4S. The SMILES string of the molecule is O=C(O)c1ccc(OCCSCc2ccco2)cc1. The van der Waals surface area contributed by atoms with E-state index in [-0.39, 0.29) is 5.56 Å². The van der Waals surface area contributed by atoms with Crippen molar-refractivity contribution in [2.75, 3.05) is 12.4 Å². The third kappa shape index (κ3) is 4.37. The van der Waals surface area contributed by atoms with Crippen LogP contribution in [0.1, 0.15) is 16.1 Å². The van der Waals surface area contributed by atoms with Gasteiger partial charge in [0.1, 0.15) is 11.5 Å². The molecule has 0 atom stereocenters. The van der Waals surface area contributed by atoms with Gasteiger partial charge in [0, 0.05) is 5.75 Å². The van der Waals surface area contributed by atoms with Gasteiger partial charge in [0.2, 0.25) is 0 Å². The molecule has 0 saturated carbocycles. The van der Waals surface area contributed by atoms with E-state index in [2.05, 4.69) is 0 Å². The number of rotatable bonds is 7. The predicted octanol–water partition coefficient (Wildman–Crippen LogP) is 3.29. The molecule has 0 aliphatic carbocycles. The highest BCUT2D eigenvalue weighted by molar-refractivity contribution is 7.98. The van der Waals surface area contributed by atoms with Gasteiger partial charge >= 0.3 is 5.97 Å². The zero-order valence-corrected chi connectivity index (χ0v) is 11.1. The van der Waals surface area contributed by atoms with Crippen molar-refractivity contribution in [3.05, 3.63) is 54.0 Å². The zero-order chi connectivity index (χ0) is 13.5. The molecule has 1 N–H and O–H groups in total. The van der Waals surface area contributed by atoms with Gasteiger partial charge in [-0.2, -0.15) is 11.8 Å². The summed E-state index contributed by atoms with van der Waals surface area (Å²) >= 11 is 1.73. The molecule has 5 heteroatoms. The first-order valence-electron chi connectivity index (χ1n) is 5.82. The molecule has 0 radical (unpaired) electrons. The Kier molecular flexibility index (Phi) is 4.92. The molecule has 0 saturated heterocycles. The minimum absolute atomic E-state index is 0.263. The van der Waals surface area contributed by atoms with Crippen molar-refractivity contribution < 1.29 is 19.1 Å². The Morgan fingerprint density at radius 3 is 2.68 bits per heavy atom. The first-order chi connectivity index (χ1) is 9.25. The van der Waals surface area contributed by atoms with E-state index >= 15 is 0 Å². The van der Waals surface area contributed by atoms with Gasteiger partial charge in [0.25, 0.3) is 0 Å². The van der Waals surface area contributed by atoms with Crippen LogP contribution in [0.4, 0.5) is 0 Å². The topological polar surface area (TPSA) is 59.7 Å². The Balaban J connectivity index is 1.66. The van der Waals surface area contributed by atoms with Crippen LogP contribution in [-0.4, -0.2) is 23.4 Å². The normalized spacial score (nSPS) is 10.3. The molecule has 4 nitrogen and oxygen atoms in total. The van der Waals surface area contributed by atoms with E-state index in [9.17, 15) is 4.79 Å². The van der Waals surface area contributed by atoms with Crippen LogP contribution in [0.5, 0.6) is 5.75 Å². The van der Waals surface area contributed by atoms with E-state index in [1.807, 2.05) is 12.1 Å². The first-order valence-corrected chi connectivity index (χ1v) is 6.97. The summed E-state index contributed by atoms with van der Waals surface area (Å²) in [7, 11) is 0. The van der Waals surface area contributed by atoms with Crippen LogP contribution in [0.2, 0.25) is 0 Å². The summed E-state index contributed by atoms with van der Waals surface area (Å²) in [4.78, 5) is 10.7. The molecule has 0 fully saturated rings. The zero-order valence-electron chi connectivity index (χ0n) is 10.2. The second kappa shape index (κ2) is 6.89. The van der Waals surface area contributed by atoms with Crippen LogP contribution in [0.25, 0.3) is 0 Å². The lowest BCUT2D eigenvalue weighted by Crippen LogP contribution is -2.01. The predicted molar refractivity (Wildman–Crippen MR) is 73.8 cm³/mol. The van der Waals surface area contributed by atoms with Crippen molar-refractivity contribution >= 4 is 17.7 Å². The highest BCUT2D eigenvalue weighted by atomic mass is 32.2. The molecule has 0 bridgehead atoms. The quantitative estimate of drug-likeness (QED) is 0.787. The number of hydrogen-bond acceptors (Lipinski definition) is 4. The van der Waals surface area contributed by atoms with Crippen molar-refractivity contribution in [3.63, 3.8) is 0 Å². The molecule has 0 spiro atoms. The van der Waals surface area contributed by atoms with E-state index in [4.69, 9.17) is 14.3 Å². The molecule has 0 amide bonds. The lowest BCUT2D eigenvalue weighted by atomic mass is 10.2. The number of carboxylic acids is 1. The molecule has 0 unspecified atom stereocenters. The lowest BCUT2D eigenvalue weighted by molar-refractivity contribution is 0.0697. The lowest BCUT2D eigenvalue weighted by Gasteiger charge is -2.05. The van der Waals surface area contributed by atoms with Crippen LogP contribution in [0.15, 0.2) is 47.1 Å². The number of ether oxygens (including phenoxy) is 1. The van der Waals surface area contributed by atoms with E-state index in [0.717, 1.165) is 17.3 Å². The number of thioether (sulfide) groups is 1. The molecule has 0 aliphatic heterocycles. The van der Waals surface area contributed by atoms with Gasteiger partial charge in [0.15, 0.2) is 0 Å². The van der Waals surface area contributed by atoms with Crippen molar-refractivity contribution in [3.8, 4) is 5.75 Å². The summed E-state index contributed by atoms with van der Waals surface area (Å²) in [6.45, 7) is 0.581. The molecule has 0 aliphatic rings. The number of carboxylic acid groups (broad SMARTS) is 1. The smallest absolute Gasteiger partial charge is 0.335 e. The van der Waals surface area contributed by atoms with Crippen LogP contribution < -0.4 is 4.74 Å². The maximum atomic E-state index is 10.7. The number of benzene rings is 1. The van der Waals surface area contributed by atoms with Gasteiger partial charge < -0.3 is 14.3 Å². The Morgan fingerprint density at radius 1 is 1.26 bits per heavy atom. The van der Waals surface area contributed by atoms with Crippen LogP contribution in [-0.2, 0) is 5.75 Å². The Labute approximate surface area is 115 Å². The number of hydrogen-bond donors (Lipinski definition) is 1. The molecule has 2 aromatic rings. The van der Waals surface area contributed by atoms with E-state index in [1.54, 1.807) is 30.2 Å². The molecule has 2 rings (SSSR count). The summed E-state index contributed by atoms with van der Waals surface area (Å²) in [6.07, 6.45) is 1.66. The molecule has 100 valence electrons. The van der Waals surface area contributed by atoms with Gasteiger partial charge in [-0.1, -0.05) is 0 Å². The Morgan fingerprint density at radius 2 is 2.05 bits per heavy atom. The highest BCUT2D eigenvalue weighted by Gasteiger charge is 2.02. The standard InChI is InChI=1S/C14H14O4S/c15-14(16)11-3-5-12(6-4-11)18-8-9-19-10-13-2-1-7-17-13/h1-7H,8-10H2,(H,15,16). The maximum Gasteiger partial charge on any atom is 0.335 e. The number of carbonyl (C=O) groups is 1. The van der Waals surface area contributed by atoms with E-state index < -0.39 is 5.97 Å². The monoisotopic (exact) mass is 278 g/mol. The Bertz CT molecular complexity index is 505. The molecule has 1 aromatic heterocycles. The van der Waals surface area contributed by atoms with Crippen molar-refractivity contribution in [2.24, 2.45) is 0 Å². The summed E-state index contributed by atoms with van der Waals surface area (Å²) in [6, 6.07) is 10.2. The fourth-order valence-electron chi connectivity index (χ4n) is 1.48.